The summed E-state index contributed by atoms with van der Waals surface area (Å²) >= 11 is 0. The number of aryl methyl sites for hydroxylation is 2. The summed E-state index contributed by atoms with van der Waals surface area (Å²) in [4.78, 5) is 8.32. The second kappa shape index (κ2) is 6.21. The van der Waals surface area contributed by atoms with Gasteiger partial charge in [-0.2, -0.15) is 4.98 Å². The van der Waals surface area contributed by atoms with Gasteiger partial charge in [0.15, 0.2) is 11.5 Å². The lowest BCUT2D eigenvalue weighted by molar-refractivity contribution is 0.373. The molecular weight excluding hydrogens is 256 g/mol. The quantitative estimate of drug-likeness (QED) is 0.643. The van der Waals surface area contributed by atoms with Crippen LogP contribution in [0.3, 0.4) is 0 Å². The molecule has 0 amide bonds. The molecule has 2 aromatic rings. The van der Waals surface area contributed by atoms with E-state index in [1.807, 2.05) is 18.2 Å². The number of hydrogen-bond donors (Lipinski definition) is 2. The van der Waals surface area contributed by atoms with E-state index in [-0.39, 0.29) is 0 Å². The topological polar surface area (TPSA) is 82.3 Å². The molecule has 2 rings (SSSR count). The van der Waals surface area contributed by atoms with E-state index >= 15 is 0 Å². The maximum atomic E-state index is 5.75. The number of nitrogens with two attached hydrogens (primary N) is 1. The standard InChI is InChI=1S/C14H18N4O2/c1-4-10-5-6-11(12(7-10)19-3)20-14-8-13(18-15)16-9(2)17-14/h5-8H,4,15H2,1-3H3,(H,16,17,18). The van der Waals surface area contributed by atoms with Crippen LogP contribution in [0.15, 0.2) is 24.3 Å². The molecule has 0 atom stereocenters. The zero-order chi connectivity index (χ0) is 14.5. The first kappa shape index (κ1) is 14.1. The van der Waals surface area contributed by atoms with Crippen molar-refractivity contribution in [1.29, 1.82) is 0 Å². The number of methoxy groups -OCH3 is 1. The van der Waals surface area contributed by atoms with Crippen LogP contribution in [0.25, 0.3) is 0 Å². The summed E-state index contributed by atoms with van der Waals surface area (Å²) in [5.74, 6) is 8.10. The van der Waals surface area contributed by atoms with Crippen LogP contribution >= 0.6 is 0 Å². The molecule has 6 nitrogen and oxygen atoms in total. The van der Waals surface area contributed by atoms with Crippen molar-refractivity contribution in [2.24, 2.45) is 5.84 Å². The van der Waals surface area contributed by atoms with Crippen LogP contribution in [0.2, 0.25) is 0 Å². The molecule has 106 valence electrons. The molecule has 0 aliphatic rings. The fourth-order valence-electron chi connectivity index (χ4n) is 1.80. The summed E-state index contributed by atoms with van der Waals surface area (Å²) in [5, 5.41) is 0. The highest BCUT2D eigenvalue weighted by Crippen LogP contribution is 2.32. The van der Waals surface area contributed by atoms with Crippen LogP contribution in [0.1, 0.15) is 18.3 Å². The monoisotopic (exact) mass is 274 g/mol. The Morgan fingerprint density at radius 3 is 2.65 bits per heavy atom. The highest BCUT2D eigenvalue weighted by molar-refractivity contribution is 5.46. The van der Waals surface area contributed by atoms with Crippen molar-refractivity contribution >= 4 is 5.82 Å². The molecule has 6 heteroatoms. The number of ether oxygens (including phenoxy) is 2. The lowest BCUT2D eigenvalue weighted by atomic mass is 10.1. The molecule has 0 unspecified atom stereocenters. The SMILES string of the molecule is CCc1ccc(Oc2cc(NN)nc(C)n2)c(OC)c1. The zero-order valence-corrected chi connectivity index (χ0v) is 11.8. The second-order valence-electron chi connectivity index (χ2n) is 4.22. The average Bonchev–Trinajstić information content (AvgIpc) is 2.47. The van der Waals surface area contributed by atoms with Crippen LogP contribution in [0.4, 0.5) is 5.82 Å². The summed E-state index contributed by atoms with van der Waals surface area (Å²) in [5.41, 5.74) is 3.66. The van der Waals surface area contributed by atoms with Crippen LogP contribution in [-0.4, -0.2) is 17.1 Å². The number of rotatable bonds is 5. The van der Waals surface area contributed by atoms with E-state index in [0.29, 0.717) is 29.0 Å². The number of aromatic nitrogens is 2. The third kappa shape index (κ3) is 3.16. The molecule has 1 heterocycles. The third-order valence-corrected chi connectivity index (χ3v) is 2.81. The Hall–Kier alpha value is -2.34. The second-order valence-corrected chi connectivity index (χ2v) is 4.22. The van der Waals surface area contributed by atoms with Gasteiger partial charge in [0.25, 0.3) is 0 Å². The third-order valence-electron chi connectivity index (χ3n) is 2.81. The predicted octanol–water partition coefficient (Wildman–Crippen LogP) is 2.43. The Bertz CT molecular complexity index is 602. The highest BCUT2D eigenvalue weighted by atomic mass is 16.5. The zero-order valence-electron chi connectivity index (χ0n) is 11.8. The minimum atomic E-state index is 0.410. The molecule has 0 aliphatic carbocycles. The van der Waals surface area contributed by atoms with Gasteiger partial charge in [0.05, 0.1) is 7.11 Å². The molecule has 0 saturated carbocycles. The Morgan fingerprint density at radius 2 is 2.00 bits per heavy atom. The maximum absolute atomic E-state index is 5.75. The molecule has 1 aromatic carbocycles. The Balaban J connectivity index is 2.31. The minimum Gasteiger partial charge on any atom is -0.493 e. The summed E-state index contributed by atoms with van der Waals surface area (Å²) in [6.07, 6.45) is 0.935. The number of hydrogen-bond acceptors (Lipinski definition) is 6. The van der Waals surface area contributed by atoms with Crippen molar-refractivity contribution in [2.45, 2.75) is 20.3 Å². The molecule has 20 heavy (non-hydrogen) atoms. The minimum absolute atomic E-state index is 0.410. The highest BCUT2D eigenvalue weighted by Gasteiger charge is 2.09. The Labute approximate surface area is 117 Å². The van der Waals surface area contributed by atoms with Gasteiger partial charge in [-0.3, -0.25) is 0 Å². The molecule has 0 spiro atoms. The van der Waals surface area contributed by atoms with Crippen molar-refractivity contribution in [3.05, 3.63) is 35.7 Å². The van der Waals surface area contributed by atoms with Gasteiger partial charge in [-0.05, 0) is 31.0 Å². The number of nitrogens with zero attached hydrogens (tertiary/aromatic N) is 2. The van der Waals surface area contributed by atoms with Gasteiger partial charge in [-0.15, -0.1) is 0 Å². The van der Waals surface area contributed by atoms with Gasteiger partial charge in [0.1, 0.15) is 11.6 Å². The number of anilines is 1. The van der Waals surface area contributed by atoms with Crippen molar-refractivity contribution in [1.82, 2.24) is 9.97 Å². The van der Waals surface area contributed by atoms with E-state index in [1.165, 1.54) is 5.56 Å². The summed E-state index contributed by atoms with van der Waals surface area (Å²) in [6.45, 7) is 3.85. The van der Waals surface area contributed by atoms with E-state index in [9.17, 15) is 0 Å². The molecule has 0 aliphatic heterocycles. The molecule has 0 radical (unpaired) electrons. The van der Waals surface area contributed by atoms with Crippen molar-refractivity contribution in [2.75, 3.05) is 12.5 Å². The molecule has 3 N–H and O–H groups in total. The van der Waals surface area contributed by atoms with Gasteiger partial charge < -0.3 is 14.9 Å². The van der Waals surface area contributed by atoms with E-state index in [1.54, 1.807) is 20.1 Å². The number of nitrogen functional groups attached to an aromatic ring is 1. The van der Waals surface area contributed by atoms with E-state index in [0.717, 1.165) is 6.42 Å². The van der Waals surface area contributed by atoms with Gasteiger partial charge in [0.2, 0.25) is 5.88 Å². The lowest BCUT2D eigenvalue weighted by Gasteiger charge is -2.11. The van der Waals surface area contributed by atoms with Crippen LogP contribution in [0.5, 0.6) is 17.4 Å². The number of hydrazine groups is 1. The summed E-state index contributed by atoms with van der Waals surface area (Å²) in [7, 11) is 1.61. The predicted molar refractivity (Wildman–Crippen MR) is 77.0 cm³/mol. The number of benzene rings is 1. The fraction of sp³-hybridized carbons (Fsp3) is 0.286. The van der Waals surface area contributed by atoms with E-state index < -0.39 is 0 Å². The maximum Gasteiger partial charge on any atom is 0.224 e. The smallest absolute Gasteiger partial charge is 0.224 e. The van der Waals surface area contributed by atoms with Crippen molar-refractivity contribution in [3.63, 3.8) is 0 Å². The van der Waals surface area contributed by atoms with Gasteiger partial charge in [0, 0.05) is 6.07 Å². The summed E-state index contributed by atoms with van der Waals surface area (Å²) < 4.78 is 11.1. The van der Waals surface area contributed by atoms with Gasteiger partial charge >= 0.3 is 0 Å². The fourth-order valence-corrected chi connectivity index (χ4v) is 1.80. The molecule has 0 bridgehead atoms. The normalized spacial score (nSPS) is 10.2. The first-order valence-corrected chi connectivity index (χ1v) is 6.33. The molecule has 1 aromatic heterocycles. The number of nitrogens with one attached hydrogen (secondary N) is 1. The Kier molecular flexibility index (Phi) is 4.37. The van der Waals surface area contributed by atoms with Crippen LogP contribution in [0, 0.1) is 6.92 Å². The molecule has 0 fully saturated rings. The van der Waals surface area contributed by atoms with Crippen molar-refractivity contribution < 1.29 is 9.47 Å². The first-order chi connectivity index (χ1) is 9.66. The van der Waals surface area contributed by atoms with Gasteiger partial charge in [-0.25, -0.2) is 10.8 Å². The van der Waals surface area contributed by atoms with Crippen LogP contribution in [-0.2, 0) is 6.42 Å². The molecule has 0 saturated heterocycles. The van der Waals surface area contributed by atoms with Gasteiger partial charge in [-0.1, -0.05) is 13.0 Å². The van der Waals surface area contributed by atoms with E-state index in [2.05, 4.69) is 22.3 Å². The average molecular weight is 274 g/mol. The summed E-state index contributed by atoms with van der Waals surface area (Å²) in [6, 6.07) is 7.43. The van der Waals surface area contributed by atoms with Crippen molar-refractivity contribution in [3.8, 4) is 17.4 Å². The Morgan fingerprint density at radius 1 is 1.20 bits per heavy atom. The largest absolute Gasteiger partial charge is 0.493 e. The first-order valence-electron chi connectivity index (χ1n) is 6.33. The lowest BCUT2D eigenvalue weighted by Crippen LogP contribution is -2.09. The molecular formula is C14H18N4O2. The van der Waals surface area contributed by atoms with E-state index in [4.69, 9.17) is 15.3 Å². The van der Waals surface area contributed by atoms with Crippen LogP contribution < -0.4 is 20.7 Å².